The van der Waals surface area contributed by atoms with Crippen LogP contribution >= 0.6 is 34.8 Å². The fourth-order valence-electron chi connectivity index (χ4n) is 1.88. The number of rotatable bonds is 6. The van der Waals surface area contributed by atoms with Crippen LogP contribution in [0.2, 0.25) is 15.1 Å². The van der Waals surface area contributed by atoms with Crippen LogP contribution in [0.1, 0.15) is 22.8 Å². The zero-order valence-corrected chi connectivity index (χ0v) is 14.4. The molecule has 0 aliphatic heterocycles. The third kappa shape index (κ3) is 4.22. The maximum Gasteiger partial charge on any atom is 0.335 e. The molecule has 0 heterocycles. The van der Waals surface area contributed by atoms with Gasteiger partial charge in [-0.05, 0) is 37.3 Å². The number of carboxylic acids is 1. The van der Waals surface area contributed by atoms with Gasteiger partial charge < -0.3 is 14.6 Å². The molecular weight excluding hydrogens is 363 g/mol. The fourth-order valence-corrected chi connectivity index (χ4v) is 2.54. The smallest absolute Gasteiger partial charge is 0.335 e. The van der Waals surface area contributed by atoms with Crippen molar-refractivity contribution in [3.8, 4) is 11.5 Å². The Bertz CT molecular complexity index is 732. The average molecular weight is 376 g/mol. The predicted octanol–water partition coefficient (Wildman–Crippen LogP) is 5.32. The largest absolute Gasteiger partial charge is 0.490 e. The normalized spacial score (nSPS) is 10.4. The molecule has 0 bridgehead atoms. The van der Waals surface area contributed by atoms with Crippen LogP contribution in [-0.4, -0.2) is 17.7 Å². The Labute approximate surface area is 148 Å². The number of carboxylic acid groups (broad SMARTS) is 1. The maximum absolute atomic E-state index is 11.0. The third-order valence-corrected chi connectivity index (χ3v) is 4.20. The molecule has 2 aromatic carbocycles. The van der Waals surface area contributed by atoms with Gasteiger partial charge in [-0.3, -0.25) is 0 Å². The molecule has 0 aliphatic carbocycles. The third-order valence-electron chi connectivity index (χ3n) is 3.00. The van der Waals surface area contributed by atoms with Crippen molar-refractivity contribution >= 4 is 40.8 Å². The maximum atomic E-state index is 11.0. The Morgan fingerprint density at radius 2 is 1.74 bits per heavy atom. The second-order valence-electron chi connectivity index (χ2n) is 4.51. The van der Waals surface area contributed by atoms with E-state index in [2.05, 4.69) is 0 Å². The highest BCUT2D eigenvalue weighted by atomic mass is 35.5. The lowest BCUT2D eigenvalue weighted by Crippen LogP contribution is -2.03. The number of ether oxygens (including phenoxy) is 2. The molecule has 2 aromatic rings. The molecule has 0 atom stereocenters. The molecule has 122 valence electrons. The van der Waals surface area contributed by atoms with Gasteiger partial charge in [-0.2, -0.15) is 0 Å². The van der Waals surface area contributed by atoms with Gasteiger partial charge in [0.2, 0.25) is 0 Å². The van der Waals surface area contributed by atoms with E-state index in [1.807, 2.05) is 0 Å². The number of benzene rings is 2. The molecule has 0 fully saturated rings. The lowest BCUT2D eigenvalue weighted by Gasteiger charge is -2.14. The standard InChI is InChI=1S/C16H13Cl3O4/c1-2-22-14-7-9(16(20)21)3-6-13(14)23-8-10-11(17)4-5-12(18)15(10)19/h3-7H,2,8H2,1H3,(H,20,21). The lowest BCUT2D eigenvalue weighted by atomic mass is 10.2. The van der Waals surface area contributed by atoms with Gasteiger partial charge in [-0.1, -0.05) is 34.8 Å². The highest BCUT2D eigenvalue weighted by molar-refractivity contribution is 6.44. The van der Waals surface area contributed by atoms with Crippen LogP contribution < -0.4 is 9.47 Å². The van der Waals surface area contributed by atoms with E-state index in [9.17, 15) is 4.79 Å². The topological polar surface area (TPSA) is 55.8 Å². The summed E-state index contributed by atoms with van der Waals surface area (Å²) >= 11 is 18.2. The minimum atomic E-state index is -1.04. The van der Waals surface area contributed by atoms with Crippen LogP contribution in [-0.2, 0) is 6.61 Å². The molecular formula is C16H13Cl3O4. The van der Waals surface area contributed by atoms with Gasteiger partial charge in [-0.15, -0.1) is 0 Å². The minimum Gasteiger partial charge on any atom is -0.490 e. The van der Waals surface area contributed by atoms with Crippen LogP contribution in [0.3, 0.4) is 0 Å². The summed E-state index contributed by atoms with van der Waals surface area (Å²) in [5.74, 6) is -0.316. The predicted molar refractivity (Wildman–Crippen MR) is 90.4 cm³/mol. The number of aromatic carboxylic acids is 1. The number of halogens is 3. The number of hydrogen-bond acceptors (Lipinski definition) is 3. The van der Waals surface area contributed by atoms with Crippen molar-refractivity contribution in [2.75, 3.05) is 6.61 Å². The summed E-state index contributed by atoms with van der Waals surface area (Å²) in [5.41, 5.74) is 0.658. The molecule has 0 spiro atoms. The Morgan fingerprint density at radius 1 is 1.04 bits per heavy atom. The van der Waals surface area contributed by atoms with Gasteiger partial charge in [0.15, 0.2) is 11.5 Å². The van der Waals surface area contributed by atoms with E-state index in [1.54, 1.807) is 19.1 Å². The van der Waals surface area contributed by atoms with E-state index in [1.165, 1.54) is 18.2 Å². The summed E-state index contributed by atoms with van der Waals surface area (Å²) in [6.07, 6.45) is 0. The quantitative estimate of drug-likeness (QED) is 0.694. The lowest BCUT2D eigenvalue weighted by molar-refractivity contribution is 0.0696. The average Bonchev–Trinajstić information content (AvgIpc) is 2.52. The van der Waals surface area contributed by atoms with Crippen LogP contribution in [0.15, 0.2) is 30.3 Å². The zero-order valence-electron chi connectivity index (χ0n) is 12.1. The summed E-state index contributed by atoms with van der Waals surface area (Å²) in [6, 6.07) is 7.60. The minimum absolute atomic E-state index is 0.0741. The highest BCUT2D eigenvalue weighted by Crippen LogP contribution is 2.34. The molecule has 4 nitrogen and oxygen atoms in total. The molecule has 23 heavy (non-hydrogen) atoms. The van der Waals surface area contributed by atoms with E-state index in [0.717, 1.165) is 0 Å². The zero-order chi connectivity index (χ0) is 17.0. The van der Waals surface area contributed by atoms with Crippen molar-refractivity contribution in [3.05, 3.63) is 56.5 Å². The van der Waals surface area contributed by atoms with Gasteiger partial charge in [0.25, 0.3) is 0 Å². The Balaban J connectivity index is 2.27. The van der Waals surface area contributed by atoms with Crippen LogP contribution in [0.25, 0.3) is 0 Å². The molecule has 0 amide bonds. The summed E-state index contributed by atoms with van der Waals surface area (Å²) in [5, 5.41) is 10.2. The second-order valence-corrected chi connectivity index (χ2v) is 5.70. The molecule has 7 heteroatoms. The van der Waals surface area contributed by atoms with Gasteiger partial charge in [0.05, 0.1) is 22.2 Å². The Hall–Kier alpha value is -1.62. The summed E-state index contributed by atoms with van der Waals surface area (Å²) in [6.45, 7) is 2.24. The number of carbonyl (C=O) groups is 1. The highest BCUT2D eigenvalue weighted by Gasteiger charge is 2.14. The second kappa shape index (κ2) is 7.77. The first-order valence-electron chi connectivity index (χ1n) is 6.69. The Morgan fingerprint density at radius 3 is 2.39 bits per heavy atom. The molecule has 0 aromatic heterocycles. The van der Waals surface area contributed by atoms with Gasteiger partial charge in [0, 0.05) is 10.6 Å². The van der Waals surface area contributed by atoms with Crippen molar-refractivity contribution in [1.29, 1.82) is 0 Å². The van der Waals surface area contributed by atoms with Crippen LogP contribution in [0.5, 0.6) is 11.5 Å². The molecule has 0 saturated carbocycles. The van der Waals surface area contributed by atoms with E-state index in [0.29, 0.717) is 38.7 Å². The van der Waals surface area contributed by atoms with E-state index < -0.39 is 5.97 Å². The molecule has 2 rings (SSSR count). The van der Waals surface area contributed by atoms with Crippen LogP contribution in [0.4, 0.5) is 0 Å². The van der Waals surface area contributed by atoms with Gasteiger partial charge in [-0.25, -0.2) is 4.79 Å². The van der Waals surface area contributed by atoms with Crippen molar-refractivity contribution in [1.82, 2.24) is 0 Å². The number of hydrogen-bond donors (Lipinski definition) is 1. The molecule has 0 unspecified atom stereocenters. The monoisotopic (exact) mass is 374 g/mol. The van der Waals surface area contributed by atoms with Gasteiger partial charge in [0.1, 0.15) is 6.61 Å². The van der Waals surface area contributed by atoms with Crippen molar-refractivity contribution in [2.45, 2.75) is 13.5 Å². The van der Waals surface area contributed by atoms with Crippen molar-refractivity contribution in [3.63, 3.8) is 0 Å². The summed E-state index contributed by atoms with van der Waals surface area (Å²) < 4.78 is 11.1. The molecule has 0 aliphatic rings. The fraction of sp³-hybridized carbons (Fsp3) is 0.188. The van der Waals surface area contributed by atoms with E-state index in [-0.39, 0.29) is 12.2 Å². The molecule has 1 N–H and O–H groups in total. The van der Waals surface area contributed by atoms with Crippen molar-refractivity contribution in [2.24, 2.45) is 0 Å². The van der Waals surface area contributed by atoms with Crippen LogP contribution in [0, 0.1) is 0 Å². The first-order chi connectivity index (χ1) is 10.9. The summed E-state index contributed by atoms with van der Waals surface area (Å²) in [7, 11) is 0. The molecule has 0 saturated heterocycles. The Kier molecular flexibility index (Phi) is 5.99. The van der Waals surface area contributed by atoms with Crippen molar-refractivity contribution < 1.29 is 19.4 Å². The SMILES string of the molecule is CCOc1cc(C(=O)O)ccc1OCc1c(Cl)ccc(Cl)c1Cl. The first kappa shape index (κ1) is 17.7. The summed E-state index contributed by atoms with van der Waals surface area (Å²) in [4.78, 5) is 11.0. The van der Waals surface area contributed by atoms with E-state index in [4.69, 9.17) is 49.4 Å². The first-order valence-corrected chi connectivity index (χ1v) is 7.82. The van der Waals surface area contributed by atoms with E-state index >= 15 is 0 Å². The van der Waals surface area contributed by atoms with Gasteiger partial charge >= 0.3 is 5.97 Å². The molecule has 0 radical (unpaired) electrons.